The van der Waals surface area contributed by atoms with Crippen LogP contribution in [0.5, 0.6) is 0 Å². The Morgan fingerprint density at radius 1 is 0.684 bits per heavy atom. The van der Waals surface area contributed by atoms with E-state index in [4.69, 9.17) is 9.47 Å². The molecule has 0 saturated carbocycles. The quantitative estimate of drug-likeness (QED) is 0.223. The summed E-state index contributed by atoms with van der Waals surface area (Å²) >= 11 is 0. The van der Waals surface area contributed by atoms with E-state index in [2.05, 4.69) is 26.0 Å². The van der Waals surface area contributed by atoms with Crippen molar-refractivity contribution >= 4 is 0 Å². The van der Waals surface area contributed by atoms with E-state index in [1.54, 1.807) is 0 Å². The number of allylic oxidation sites excluding steroid dienone is 1. The van der Waals surface area contributed by atoms with E-state index in [1.807, 2.05) is 0 Å². The van der Waals surface area contributed by atoms with Gasteiger partial charge in [0.05, 0.1) is 6.61 Å². The van der Waals surface area contributed by atoms with Gasteiger partial charge in [0.25, 0.3) is 0 Å². The van der Waals surface area contributed by atoms with Crippen LogP contribution in [0.1, 0.15) is 78.1 Å². The predicted octanol–water partition coefficient (Wildman–Crippen LogP) is 5.47. The van der Waals surface area contributed by atoms with Gasteiger partial charge in [-0.3, -0.25) is 0 Å². The summed E-state index contributed by atoms with van der Waals surface area (Å²) < 4.78 is 10.8. The minimum absolute atomic E-state index is 0.455. The third-order valence-corrected chi connectivity index (χ3v) is 3.14. The average molecular weight is 270 g/mol. The summed E-state index contributed by atoms with van der Waals surface area (Å²) in [6.45, 7) is 6.48. The second-order valence-corrected chi connectivity index (χ2v) is 5.08. The summed E-state index contributed by atoms with van der Waals surface area (Å²) in [4.78, 5) is 0. The molecule has 0 amide bonds. The molecule has 0 atom stereocenters. The largest absolute Gasteiger partial charge is 0.355 e. The maximum Gasteiger partial charge on any atom is 0.146 e. The molecule has 19 heavy (non-hydrogen) atoms. The monoisotopic (exact) mass is 270 g/mol. The standard InChI is InChI=1S/C17H34O2/c1-3-5-7-9-10-11-12-14-16-19-17-18-15-13-8-6-4-2/h6,8H,3-5,7,9-17H2,1-2H3. The van der Waals surface area contributed by atoms with Gasteiger partial charge in [-0.15, -0.1) is 0 Å². The molecule has 0 aliphatic heterocycles. The van der Waals surface area contributed by atoms with Gasteiger partial charge < -0.3 is 9.47 Å². The summed E-state index contributed by atoms with van der Waals surface area (Å²) in [5.41, 5.74) is 0. The molecule has 0 saturated heterocycles. The van der Waals surface area contributed by atoms with Gasteiger partial charge in [0.15, 0.2) is 0 Å². The van der Waals surface area contributed by atoms with Crippen LogP contribution in [0.15, 0.2) is 12.2 Å². The van der Waals surface area contributed by atoms with Gasteiger partial charge in [0, 0.05) is 6.61 Å². The first-order chi connectivity index (χ1) is 9.41. The highest BCUT2D eigenvalue weighted by Crippen LogP contribution is 2.08. The fourth-order valence-electron chi connectivity index (χ4n) is 1.95. The molecule has 0 aromatic heterocycles. The third-order valence-electron chi connectivity index (χ3n) is 3.14. The first-order valence-corrected chi connectivity index (χ1v) is 8.22. The van der Waals surface area contributed by atoms with Crippen molar-refractivity contribution in [3.63, 3.8) is 0 Å². The maximum atomic E-state index is 5.44. The van der Waals surface area contributed by atoms with Crippen molar-refractivity contribution in [1.82, 2.24) is 0 Å². The van der Waals surface area contributed by atoms with E-state index in [1.165, 1.54) is 51.4 Å². The Morgan fingerprint density at radius 2 is 1.32 bits per heavy atom. The lowest BCUT2D eigenvalue weighted by molar-refractivity contribution is -0.0531. The van der Waals surface area contributed by atoms with Gasteiger partial charge in [-0.1, -0.05) is 70.9 Å². The molecule has 0 rings (SSSR count). The molecular formula is C17H34O2. The van der Waals surface area contributed by atoms with Crippen molar-refractivity contribution in [2.45, 2.75) is 78.1 Å². The highest BCUT2D eigenvalue weighted by molar-refractivity contribution is 4.79. The topological polar surface area (TPSA) is 18.5 Å². The van der Waals surface area contributed by atoms with Gasteiger partial charge >= 0.3 is 0 Å². The smallest absolute Gasteiger partial charge is 0.146 e. The zero-order valence-electron chi connectivity index (χ0n) is 13.2. The van der Waals surface area contributed by atoms with Crippen LogP contribution < -0.4 is 0 Å². The van der Waals surface area contributed by atoms with Gasteiger partial charge in [-0.25, -0.2) is 0 Å². The Balaban J connectivity index is 2.93. The molecule has 0 aromatic carbocycles. The van der Waals surface area contributed by atoms with Crippen LogP contribution in [0.25, 0.3) is 0 Å². The van der Waals surface area contributed by atoms with E-state index in [-0.39, 0.29) is 0 Å². The fraction of sp³-hybridized carbons (Fsp3) is 0.882. The minimum Gasteiger partial charge on any atom is -0.355 e. The summed E-state index contributed by atoms with van der Waals surface area (Å²) in [7, 11) is 0. The van der Waals surface area contributed by atoms with E-state index in [9.17, 15) is 0 Å². The van der Waals surface area contributed by atoms with Crippen LogP contribution in [0.4, 0.5) is 0 Å². The number of hydrogen-bond acceptors (Lipinski definition) is 2. The van der Waals surface area contributed by atoms with Crippen molar-refractivity contribution in [1.29, 1.82) is 0 Å². The molecular weight excluding hydrogens is 236 g/mol. The summed E-state index contributed by atoms with van der Waals surface area (Å²) in [6.07, 6.45) is 17.2. The molecule has 0 aliphatic carbocycles. The molecule has 114 valence electrons. The first kappa shape index (κ1) is 18.7. The maximum absolute atomic E-state index is 5.44. The van der Waals surface area contributed by atoms with Crippen LogP contribution in [-0.2, 0) is 9.47 Å². The van der Waals surface area contributed by atoms with Crippen molar-refractivity contribution < 1.29 is 9.47 Å². The molecule has 0 aromatic rings. The predicted molar refractivity (Wildman–Crippen MR) is 83.4 cm³/mol. The van der Waals surface area contributed by atoms with Crippen LogP contribution >= 0.6 is 0 Å². The van der Waals surface area contributed by atoms with Crippen molar-refractivity contribution in [2.75, 3.05) is 20.0 Å². The first-order valence-electron chi connectivity index (χ1n) is 8.22. The summed E-state index contributed by atoms with van der Waals surface area (Å²) in [5.74, 6) is 0. The number of hydrogen-bond donors (Lipinski definition) is 0. The van der Waals surface area contributed by atoms with Gasteiger partial charge in [0.2, 0.25) is 0 Å². The molecule has 2 nitrogen and oxygen atoms in total. The highest BCUT2D eigenvalue weighted by atomic mass is 16.7. The van der Waals surface area contributed by atoms with Crippen LogP contribution in [0.3, 0.4) is 0 Å². The van der Waals surface area contributed by atoms with Gasteiger partial charge in [-0.05, 0) is 19.3 Å². The normalized spacial score (nSPS) is 11.5. The number of unbranched alkanes of at least 4 members (excludes halogenated alkanes) is 7. The molecule has 0 fully saturated rings. The highest BCUT2D eigenvalue weighted by Gasteiger charge is 1.92. The molecule has 0 bridgehead atoms. The summed E-state index contributed by atoms with van der Waals surface area (Å²) in [5, 5.41) is 0. The Hall–Kier alpha value is -0.340. The second-order valence-electron chi connectivity index (χ2n) is 5.08. The van der Waals surface area contributed by atoms with Crippen LogP contribution in [0, 0.1) is 0 Å². The molecule has 0 spiro atoms. The van der Waals surface area contributed by atoms with E-state index in [0.717, 1.165) is 26.1 Å². The summed E-state index contributed by atoms with van der Waals surface area (Å²) in [6, 6.07) is 0. The number of rotatable bonds is 15. The van der Waals surface area contributed by atoms with Crippen molar-refractivity contribution in [3.05, 3.63) is 12.2 Å². The van der Waals surface area contributed by atoms with Gasteiger partial charge in [0.1, 0.15) is 6.79 Å². The molecule has 2 heteroatoms. The lowest BCUT2D eigenvalue weighted by Gasteiger charge is -2.05. The molecule has 0 heterocycles. The fourth-order valence-corrected chi connectivity index (χ4v) is 1.95. The Morgan fingerprint density at radius 3 is 2.00 bits per heavy atom. The van der Waals surface area contributed by atoms with Crippen molar-refractivity contribution in [2.24, 2.45) is 0 Å². The van der Waals surface area contributed by atoms with Gasteiger partial charge in [-0.2, -0.15) is 0 Å². The number of ether oxygens (including phenoxy) is 2. The lowest BCUT2D eigenvalue weighted by Crippen LogP contribution is -2.02. The van der Waals surface area contributed by atoms with Crippen LogP contribution in [-0.4, -0.2) is 20.0 Å². The Labute approximate surface area is 120 Å². The van der Waals surface area contributed by atoms with E-state index >= 15 is 0 Å². The minimum atomic E-state index is 0.455. The van der Waals surface area contributed by atoms with E-state index in [0.29, 0.717) is 6.79 Å². The third kappa shape index (κ3) is 17.7. The Kier molecular flexibility index (Phi) is 17.3. The van der Waals surface area contributed by atoms with Crippen LogP contribution in [0.2, 0.25) is 0 Å². The molecule has 0 aliphatic rings. The second kappa shape index (κ2) is 17.7. The lowest BCUT2D eigenvalue weighted by atomic mass is 10.1. The average Bonchev–Trinajstić information content (AvgIpc) is 2.43. The Bertz CT molecular complexity index is 178. The zero-order chi connectivity index (χ0) is 14.0. The zero-order valence-corrected chi connectivity index (χ0v) is 13.2. The molecule has 0 radical (unpaired) electrons. The van der Waals surface area contributed by atoms with Crippen molar-refractivity contribution in [3.8, 4) is 0 Å². The molecule has 0 N–H and O–H groups in total. The molecule has 0 unspecified atom stereocenters. The SMILES string of the molecule is CCC=CCCOCOCCCCCCCCCC. The van der Waals surface area contributed by atoms with E-state index < -0.39 is 0 Å².